The van der Waals surface area contributed by atoms with Crippen molar-refractivity contribution in [3.8, 4) is 33.4 Å². The molecule has 3 unspecified atom stereocenters. The molecule has 15 rings (SSSR count). The third kappa shape index (κ3) is 8.56. The van der Waals surface area contributed by atoms with E-state index in [9.17, 15) is 0 Å². The minimum Gasteiger partial charge on any atom is -0.334 e. The standard InChI is InChI=1S/C85H92BN3/c1-78(2,3)56-32-30-55(31-33-56)61-49-67-73-51-64(61)83(15)43-42-82(13,14)65-52-74-69(50-66(65)83)86-68-48-60(89(73)85(17)41-25-24-40-84(67,85)16)36-39-72(68)87(70-37-34-57(79(4,5)6)44-62(70)53-26-20-18-21-27-53)75-46-59(81(10,11)12)47-76(77(75)86)88(74)71-38-35-58(80(7,8)9)45-63(71)54-28-22-19-23-29-54/h18-23,26-39,44-52H,24-25,40-43H2,1-17H3. The molecule has 1 fully saturated rings. The number of fused-ring (bicyclic) bond motifs is 7. The van der Waals surface area contributed by atoms with Crippen LogP contribution in [0.4, 0.5) is 45.5 Å². The van der Waals surface area contributed by atoms with E-state index in [4.69, 9.17) is 0 Å². The topological polar surface area (TPSA) is 9.72 Å². The van der Waals surface area contributed by atoms with E-state index in [0.29, 0.717) is 0 Å². The Morgan fingerprint density at radius 2 is 0.843 bits per heavy atom. The lowest BCUT2D eigenvalue weighted by molar-refractivity contribution is 0.195. The summed E-state index contributed by atoms with van der Waals surface area (Å²) in [6, 6.07) is 71.1. The highest BCUT2D eigenvalue weighted by Crippen LogP contribution is 2.64. The lowest BCUT2D eigenvalue weighted by Crippen LogP contribution is -2.62. The molecule has 0 N–H and O–H groups in total. The number of nitrogens with zero attached hydrogens (tertiary/aromatic N) is 3. The summed E-state index contributed by atoms with van der Waals surface area (Å²) in [5.41, 5.74) is 32.3. The van der Waals surface area contributed by atoms with Gasteiger partial charge in [-0.2, -0.15) is 0 Å². The molecule has 6 bridgehead atoms. The zero-order valence-corrected chi connectivity index (χ0v) is 56.4. The van der Waals surface area contributed by atoms with Gasteiger partial charge in [0.25, 0.3) is 6.71 Å². The predicted molar refractivity (Wildman–Crippen MR) is 383 cm³/mol. The maximum atomic E-state index is 2.90. The van der Waals surface area contributed by atoms with Gasteiger partial charge in [0.2, 0.25) is 0 Å². The van der Waals surface area contributed by atoms with Crippen LogP contribution in [0.1, 0.15) is 201 Å². The van der Waals surface area contributed by atoms with Crippen molar-refractivity contribution in [2.24, 2.45) is 0 Å². The fourth-order valence-electron chi connectivity index (χ4n) is 17.4. The molecule has 4 aliphatic heterocycles. The van der Waals surface area contributed by atoms with Gasteiger partial charge in [-0.1, -0.05) is 227 Å². The number of rotatable bonds is 5. The first-order valence-electron chi connectivity index (χ1n) is 33.6. The Kier molecular flexibility index (Phi) is 12.5. The summed E-state index contributed by atoms with van der Waals surface area (Å²) in [4.78, 5) is 8.39. The van der Waals surface area contributed by atoms with Crippen LogP contribution in [0.5, 0.6) is 0 Å². The van der Waals surface area contributed by atoms with Crippen LogP contribution in [0.15, 0.2) is 176 Å². The van der Waals surface area contributed by atoms with Gasteiger partial charge in [-0.05, 0) is 216 Å². The molecule has 2 aliphatic carbocycles. The van der Waals surface area contributed by atoms with Crippen molar-refractivity contribution >= 4 is 68.6 Å². The fraction of sp³-hybridized carbons (Fsp3) is 0.365. The smallest absolute Gasteiger partial charge is 0.252 e. The summed E-state index contributed by atoms with van der Waals surface area (Å²) in [6.07, 6.45) is 6.85. The van der Waals surface area contributed by atoms with Crippen molar-refractivity contribution < 1.29 is 0 Å². The van der Waals surface area contributed by atoms with Crippen LogP contribution in [-0.4, -0.2) is 12.3 Å². The third-order valence-electron chi connectivity index (χ3n) is 23.2. The minimum atomic E-state index is -0.336. The van der Waals surface area contributed by atoms with Crippen LogP contribution in [0.2, 0.25) is 0 Å². The van der Waals surface area contributed by atoms with Crippen molar-refractivity contribution in [1.82, 2.24) is 0 Å². The second-order valence-electron chi connectivity index (χ2n) is 33.3. The molecule has 1 saturated carbocycles. The van der Waals surface area contributed by atoms with Crippen LogP contribution < -0.4 is 31.1 Å². The van der Waals surface area contributed by atoms with Crippen LogP contribution >= 0.6 is 0 Å². The molecular formula is C85H92BN3. The van der Waals surface area contributed by atoms with Gasteiger partial charge in [0.05, 0.1) is 16.9 Å². The molecule has 450 valence electrons. The van der Waals surface area contributed by atoms with Crippen molar-refractivity contribution in [3.05, 3.63) is 220 Å². The summed E-state index contributed by atoms with van der Waals surface area (Å²) in [5, 5.41) is 0. The van der Waals surface area contributed by atoms with Crippen LogP contribution in [0.3, 0.4) is 0 Å². The highest BCUT2D eigenvalue weighted by atomic mass is 15.3. The molecule has 0 aromatic heterocycles. The first kappa shape index (κ1) is 57.9. The SMILES string of the molecule is CC(C)(C)c1ccc(-c2cc3c4cc2C2(C)CCC(C)(C)c5cc6c(cc52)B2c5cc(ccc5N(c5ccc(C(C)(C)C)cc5-c5ccccc5)c5cc(C(C)(C)C)cc(c52)N6c2ccc(C(C)(C)C)cc2-c2ccccc2)N4C2(C)CCCCC32C)cc1. The first-order valence-corrected chi connectivity index (χ1v) is 33.6. The van der Waals surface area contributed by atoms with Crippen LogP contribution in [0.25, 0.3) is 33.4 Å². The van der Waals surface area contributed by atoms with Gasteiger partial charge in [-0.25, -0.2) is 0 Å². The molecule has 4 heteroatoms. The molecule has 3 atom stereocenters. The first-order chi connectivity index (χ1) is 42.0. The number of anilines is 8. The number of hydrogen-bond donors (Lipinski definition) is 0. The maximum Gasteiger partial charge on any atom is 0.252 e. The largest absolute Gasteiger partial charge is 0.334 e. The zero-order valence-electron chi connectivity index (χ0n) is 56.4. The average Bonchev–Trinajstić information content (AvgIpc) is 1.67. The van der Waals surface area contributed by atoms with Crippen molar-refractivity contribution in [2.45, 2.75) is 200 Å². The Balaban J connectivity index is 1.13. The molecule has 9 aromatic carbocycles. The minimum absolute atomic E-state index is 0.0483. The molecule has 0 spiro atoms. The van der Waals surface area contributed by atoms with E-state index in [2.05, 4.69) is 308 Å². The normalized spacial score (nSPS) is 21.2. The third-order valence-corrected chi connectivity index (χ3v) is 23.2. The molecule has 3 nitrogen and oxygen atoms in total. The van der Waals surface area contributed by atoms with Gasteiger partial charge < -0.3 is 14.7 Å². The van der Waals surface area contributed by atoms with E-state index in [0.717, 1.165) is 25.7 Å². The lowest BCUT2D eigenvalue weighted by atomic mass is 9.33. The van der Waals surface area contributed by atoms with Crippen LogP contribution in [-0.2, 0) is 37.9 Å². The maximum absolute atomic E-state index is 2.90. The van der Waals surface area contributed by atoms with Crippen LogP contribution in [0, 0.1) is 0 Å². The van der Waals surface area contributed by atoms with Gasteiger partial charge >= 0.3 is 0 Å². The van der Waals surface area contributed by atoms with Crippen molar-refractivity contribution in [1.29, 1.82) is 0 Å². The molecule has 9 aromatic rings. The average molecular weight is 1170 g/mol. The summed E-state index contributed by atoms with van der Waals surface area (Å²) in [6.45, 7) is 41.4. The summed E-state index contributed by atoms with van der Waals surface area (Å²) >= 11 is 0. The summed E-state index contributed by atoms with van der Waals surface area (Å²) in [7, 11) is 0. The zero-order chi connectivity index (χ0) is 62.5. The summed E-state index contributed by atoms with van der Waals surface area (Å²) in [5.74, 6) is 0. The van der Waals surface area contributed by atoms with E-state index in [1.165, 1.54) is 153 Å². The van der Waals surface area contributed by atoms with E-state index in [1.54, 1.807) is 0 Å². The van der Waals surface area contributed by atoms with Gasteiger partial charge in [0.15, 0.2) is 0 Å². The van der Waals surface area contributed by atoms with Gasteiger partial charge in [0.1, 0.15) is 0 Å². The highest BCUT2D eigenvalue weighted by molar-refractivity contribution is 7.00. The monoisotopic (exact) mass is 1170 g/mol. The molecule has 0 amide bonds. The predicted octanol–water partition coefficient (Wildman–Crippen LogP) is 21.4. The Morgan fingerprint density at radius 1 is 0.348 bits per heavy atom. The Hall–Kier alpha value is -7.56. The highest BCUT2D eigenvalue weighted by Gasteiger charge is 2.59. The van der Waals surface area contributed by atoms with Crippen molar-refractivity contribution in [3.63, 3.8) is 0 Å². The fourth-order valence-corrected chi connectivity index (χ4v) is 17.4. The Morgan fingerprint density at radius 3 is 1.40 bits per heavy atom. The second kappa shape index (κ2) is 19.2. The Bertz CT molecular complexity index is 4390. The molecule has 89 heavy (non-hydrogen) atoms. The molecule has 0 saturated heterocycles. The molecule has 4 heterocycles. The molecule has 0 radical (unpaired) electrons. The van der Waals surface area contributed by atoms with E-state index in [1.807, 2.05) is 0 Å². The van der Waals surface area contributed by atoms with E-state index in [-0.39, 0.29) is 50.2 Å². The van der Waals surface area contributed by atoms with E-state index < -0.39 is 0 Å². The van der Waals surface area contributed by atoms with Gasteiger partial charge in [0, 0.05) is 56.1 Å². The number of benzene rings is 9. The quantitative estimate of drug-likeness (QED) is 0.159. The van der Waals surface area contributed by atoms with Gasteiger partial charge in [-0.15, -0.1) is 0 Å². The molecular weight excluding hydrogens is 1070 g/mol. The van der Waals surface area contributed by atoms with Gasteiger partial charge in [-0.3, -0.25) is 0 Å². The van der Waals surface area contributed by atoms with E-state index >= 15 is 0 Å². The lowest BCUT2D eigenvalue weighted by Gasteiger charge is -2.51. The second-order valence-corrected chi connectivity index (χ2v) is 33.3. The number of hydrogen-bond acceptors (Lipinski definition) is 3. The molecule has 6 aliphatic rings. The van der Waals surface area contributed by atoms with Crippen molar-refractivity contribution in [2.75, 3.05) is 14.7 Å². The summed E-state index contributed by atoms with van der Waals surface area (Å²) < 4.78 is 0. The Labute approximate surface area is 533 Å².